The van der Waals surface area contributed by atoms with E-state index in [0.29, 0.717) is 16.3 Å². The van der Waals surface area contributed by atoms with Crippen LogP contribution in [0, 0.1) is 0 Å². The third kappa shape index (κ3) is 3.74. The highest BCUT2D eigenvalue weighted by atomic mass is 79.9. The number of carbonyl (C=O) groups excluding carboxylic acids is 2. The lowest BCUT2D eigenvalue weighted by Crippen LogP contribution is -2.21. The minimum atomic E-state index is -0.576. The van der Waals surface area contributed by atoms with E-state index in [4.69, 9.17) is 10.5 Å². The fourth-order valence-corrected chi connectivity index (χ4v) is 3.38. The molecule has 7 heteroatoms. The summed E-state index contributed by atoms with van der Waals surface area (Å²) in [5.74, 6) is -0.328. The topological polar surface area (TPSA) is 81.4 Å². The van der Waals surface area contributed by atoms with Crippen molar-refractivity contribution in [2.24, 2.45) is 5.73 Å². The van der Waals surface area contributed by atoms with E-state index in [1.165, 1.54) is 11.3 Å². The molecule has 0 radical (unpaired) electrons. The predicted molar refractivity (Wildman–Crippen MR) is 98.6 cm³/mol. The first-order valence-electron chi connectivity index (χ1n) is 7.02. The summed E-state index contributed by atoms with van der Waals surface area (Å²) in [6, 6.07) is 13.1. The molecule has 2 aromatic carbocycles. The second kappa shape index (κ2) is 7.02. The number of rotatable bonds is 5. The third-order valence-electron chi connectivity index (χ3n) is 3.33. The van der Waals surface area contributed by atoms with Crippen molar-refractivity contribution in [1.29, 1.82) is 0 Å². The maximum absolute atomic E-state index is 12.0. The molecule has 3 aromatic rings. The minimum absolute atomic E-state index is 0.155. The fourth-order valence-electron chi connectivity index (χ4n) is 2.20. The van der Waals surface area contributed by atoms with Gasteiger partial charge in [0.2, 0.25) is 0 Å². The third-order valence-corrected chi connectivity index (χ3v) is 4.65. The molecule has 3 N–H and O–H groups in total. The first kappa shape index (κ1) is 16.5. The number of hydrogen-bond donors (Lipinski definition) is 2. The smallest absolute Gasteiger partial charge is 0.262 e. The molecule has 0 saturated heterocycles. The van der Waals surface area contributed by atoms with Crippen molar-refractivity contribution in [2.75, 3.05) is 11.9 Å². The molecule has 0 aliphatic carbocycles. The Morgan fingerprint density at radius 1 is 1.12 bits per heavy atom. The van der Waals surface area contributed by atoms with Crippen molar-refractivity contribution in [1.82, 2.24) is 0 Å². The van der Waals surface area contributed by atoms with E-state index >= 15 is 0 Å². The van der Waals surface area contributed by atoms with Gasteiger partial charge in [0.1, 0.15) is 10.8 Å². The average Bonchev–Trinajstić information content (AvgIpc) is 3.01. The Labute approximate surface area is 150 Å². The van der Waals surface area contributed by atoms with Gasteiger partial charge in [0, 0.05) is 4.47 Å². The SMILES string of the molecule is NC(=O)c1ccsc1NC(=O)COc1ccc2cc(Br)ccc2c1. The maximum atomic E-state index is 12.0. The van der Waals surface area contributed by atoms with Crippen LogP contribution in [0.1, 0.15) is 10.4 Å². The van der Waals surface area contributed by atoms with E-state index < -0.39 is 5.91 Å². The first-order valence-corrected chi connectivity index (χ1v) is 8.69. The summed E-state index contributed by atoms with van der Waals surface area (Å²) in [6.07, 6.45) is 0. The van der Waals surface area contributed by atoms with E-state index in [-0.39, 0.29) is 12.5 Å². The second-order valence-corrected chi connectivity index (χ2v) is 6.85. The van der Waals surface area contributed by atoms with Crippen molar-refractivity contribution in [2.45, 2.75) is 0 Å². The molecular weight excluding hydrogens is 392 g/mol. The van der Waals surface area contributed by atoms with Gasteiger partial charge in [-0.1, -0.05) is 28.1 Å². The lowest BCUT2D eigenvalue weighted by molar-refractivity contribution is -0.118. The van der Waals surface area contributed by atoms with E-state index in [2.05, 4.69) is 21.2 Å². The number of ether oxygens (including phenoxy) is 1. The van der Waals surface area contributed by atoms with E-state index in [1.54, 1.807) is 11.4 Å². The Morgan fingerprint density at radius 3 is 2.67 bits per heavy atom. The van der Waals surface area contributed by atoms with Gasteiger partial charge in [-0.15, -0.1) is 11.3 Å². The van der Waals surface area contributed by atoms with Crippen molar-refractivity contribution in [3.05, 3.63) is 57.9 Å². The zero-order valence-electron chi connectivity index (χ0n) is 12.4. The van der Waals surface area contributed by atoms with Crippen molar-refractivity contribution < 1.29 is 14.3 Å². The monoisotopic (exact) mass is 404 g/mol. The molecule has 3 rings (SSSR count). The molecule has 0 saturated carbocycles. The second-order valence-electron chi connectivity index (χ2n) is 5.02. The van der Waals surface area contributed by atoms with Crippen LogP contribution in [0.3, 0.4) is 0 Å². The van der Waals surface area contributed by atoms with Gasteiger partial charge >= 0.3 is 0 Å². The van der Waals surface area contributed by atoms with Gasteiger partial charge in [0.05, 0.1) is 5.56 Å². The number of carbonyl (C=O) groups is 2. The van der Waals surface area contributed by atoms with Crippen LogP contribution in [-0.2, 0) is 4.79 Å². The number of nitrogens with two attached hydrogens (primary N) is 1. The maximum Gasteiger partial charge on any atom is 0.262 e. The summed E-state index contributed by atoms with van der Waals surface area (Å²) in [5.41, 5.74) is 5.54. The molecule has 0 aliphatic heterocycles. The van der Waals surface area contributed by atoms with Gasteiger partial charge in [-0.25, -0.2) is 0 Å². The summed E-state index contributed by atoms with van der Waals surface area (Å²) < 4.78 is 6.52. The van der Waals surface area contributed by atoms with Crippen molar-refractivity contribution in [3.63, 3.8) is 0 Å². The van der Waals surface area contributed by atoms with Gasteiger partial charge in [0.15, 0.2) is 6.61 Å². The zero-order valence-corrected chi connectivity index (χ0v) is 14.8. The molecule has 1 aromatic heterocycles. The standard InChI is InChI=1S/C17H13BrN2O3S/c18-12-3-1-11-8-13(4-2-10(11)7-12)23-9-15(21)20-17-14(16(19)22)5-6-24-17/h1-8H,9H2,(H2,19,22)(H,20,21). The molecule has 1 heterocycles. The fraction of sp³-hybridized carbons (Fsp3) is 0.0588. The van der Waals surface area contributed by atoms with Gasteiger partial charge in [0.25, 0.3) is 11.8 Å². The molecule has 0 fully saturated rings. The molecule has 5 nitrogen and oxygen atoms in total. The molecule has 122 valence electrons. The van der Waals surface area contributed by atoms with Gasteiger partial charge in [-0.2, -0.15) is 0 Å². The highest BCUT2D eigenvalue weighted by Gasteiger charge is 2.12. The molecule has 2 amide bonds. The van der Waals surface area contributed by atoms with Crippen LogP contribution >= 0.6 is 27.3 Å². The normalized spacial score (nSPS) is 10.5. The van der Waals surface area contributed by atoms with Gasteiger partial charge < -0.3 is 15.8 Å². The van der Waals surface area contributed by atoms with Crippen LogP contribution < -0.4 is 15.8 Å². The number of primary amides is 1. The zero-order chi connectivity index (χ0) is 17.1. The molecule has 0 aliphatic rings. The number of hydrogen-bond acceptors (Lipinski definition) is 4. The quantitative estimate of drug-likeness (QED) is 0.678. The van der Waals surface area contributed by atoms with Crippen LogP contribution in [0.2, 0.25) is 0 Å². The molecule has 0 bridgehead atoms. The summed E-state index contributed by atoms with van der Waals surface area (Å²) in [6.45, 7) is -0.155. The minimum Gasteiger partial charge on any atom is -0.484 e. The largest absolute Gasteiger partial charge is 0.484 e. The Balaban J connectivity index is 1.65. The van der Waals surface area contributed by atoms with Crippen LogP contribution in [0.5, 0.6) is 5.75 Å². The summed E-state index contributed by atoms with van der Waals surface area (Å²) >= 11 is 4.67. The van der Waals surface area contributed by atoms with Crippen molar-refractivity contribution >= 4 is 54.9 Å². The number of thiophene rings is 1. The molecule has 0 unspecified atom stereocenters. The number of fused-ring (bicyclic) bond motifs is 1. The Morgan fingerprint density at radius 2 is 1.88 bits per heavy atom. The Hall–Kier alpha value is -2.38. The Kier molecular flexibility index (Phi) is 4.82. The summed E-state index contributed by atoms with van der Waals surface area (Å²) in [4.78, 5) is 23.2. The average molecular weight is 405 g/mol. The first-order chi connectivity index (χ1) is 11.5. The van der Waals surface area contributed by atoms with Crippen molar-refractivity contribution in [3.8, 4) is 5.75 Å². The van der Waals surface area contributed by atoms with Crippen LogP contribution in [0.15, 0.2) is 52.3 Å². The summed E-state index contributed by atoms with van der Waals surface area (Å²) in [5, 5.41) is 6.85. The van der Waals surface area contributed by atoms with E-state index in [1.807, 2.05) is 36.4 Å². The van der Waals surface area contributed by atoms with E-state index in [9.17, 15) is 9.59 Å². The highest BCUT2D eigenvalue weighted by Crippen LogP contribution is 2.25. The summed E-state index contributed by atoms with van der Waals surface area (Å²) in [7, 11) is 0. The lowest BCUT2D eigenvalue weighted by atomic mass is 10.1. The predicted octanol–water partition coefficient (Wildman–Crippen LogP) is 3.78. The Bertz CT molecular complexity index is 923. The number of nitrogens with one attached hydrogen (secondary N) is 1. The van der Waals surface area contributed by atoms with Crippen LogP contribution in [-0.4, -0.2) is 18.4 Å². The number of amides is 2. The lowest BCUT2D eigenvalue weighted by Gasteiger charge is -2.08. The van der Waals surface area contributed by atoms with Gasteiger partial charge in [-0.05, 0) is 46.5 Å². The van der Waals surface area contributed by atoms with Crippen LogP contribution in [0.4, 0.5) is 5.00 Å². The highest BCUT2D eigenvalue weighted by molar-refractivity contribution is 9.10. The number of anilines is 1. The molecule has 24 heavy (non-hydrogen) atoms. The molecular formula is C17H13BrN2O3S. The van der Waals surface area contributed by atoms with Crippen LogP contribution in [0.25, 0.3) is 10.8 Å². The van der Waals surface area contributed by atoms with Gasteiger partial charge in [-0.3, -0.25) is 9.59 Å². The molecule has 0 atom stereocenters. The number of benzene rings is 2. The number of halogens is 1. The van der Waals surface area contributed by atoms with E-state index in [0.717, 1.165) is 15.2 Å². The molecule has 0 spiro atoms.